The van der Waals surface area contributed by atoms with Gasteiger partial charge in [-0.25, -0.2) is 4.98 Å². The van der Waals surface area contributed by atoms with E-state index in [1.807, 2.05) is 0 Å². The standard InChI is InChI=1S/C10H19N3O/c1-7(2)10-11-9(12-13-10)5-8(3)6-14-4/h7-8H,5-6H2,1-4H3,(H,11,12,13). The highest BCUT2D eigenvalue weighted by Gasteiger charge is 2.09. The Labute approximate surface area is 85.1 Å². The number of hydrogen-bond donors (Lipinski definition) is 1. The molecule has 14 heavy (non-hydrogen) atoms. The summed E-state index contributed by atoms with van der Waals surface area (Å²) in [5.74, 6) is 2.72. The van der Waals surface area contributed by atoms with E-state index in [0.717, 1.165) is 24.7 Å². The van der Waals surface area contributed by atoms with E-state index in [-0.39, 0.29) is 0 Å². The normalized spacial score (nSPS) is 13.5. The van der Waals surface area contributed by atoms with Gasteiger partial charge in [-0.2, -0.15) is 5.10 Å². The number of methoxy groups -OCH3 is 1. The molecule has 1 atom stereocenters. The molecule has 0 spiro atoms. The third-order valence-electron chi connectivity index (χ3n) is 2.06. The zero-order valence-corrected chi connectivity index (χ0v) is 9.37. The summed E-state index contributed by atoms with van der Waals surface area (Å²) >= 11 is 0. The second kappa shape index (κ2) is 5.10. The number of aromatic nitrogens is 3. The smallest absolute Gasteiger partial charge is 0.153 e. The lowest BCUT2D eigenvalue weighted by Gasteiger charge is -2.06. The third kappa shape index (κ3) is 3.10. The van der Waals surface area contributed by atoms with Gasteiger partial charge in [-0.15, -0.1) is 0 Å². The molecule has 4 heteroatoms. The number of aromatic amines is 1. The quantitative estimate of drug-likeness (QED) is 0.782. The number of nitrogens with zero attached hydrogens (tertiary/aromatic N) is 2. The molecule has 0 aromatic carbocycles. The summed E-state index contributed by atoms with van der Waals surface area (Å²) in [5.41, 5.74) is 0. The molecule has 80 valence electrons. The van der Waals surface area contributed by atoms with E-state index in [1.165, 1.54) is 0 Å². The third-order valence-corrected chi connectivity index (χ3v) is 2.06. The topological polar surface area (TPSA) is 50.8 Å². The van der Waals surface area contributed by atoms with Crippen LogP contribution in [0, 0.1) is 5.92 Å². The van der Waals surface area contributed by atoms with Crippen LogP contribution in [0.25, 0.3) is 0 Å². The minimum absolute atomic E-state index is 0.387. The molecule has 1 unspecified atom stereocenters. The van der Waals surface area contributed by atoms with Crippen molar-refractivity contribution in [2.45, 2.75) is 33.1 Å². The van der Waals surface area contributed by atoms with Crippen molar-refractivity contribution >= 4 is 0 Å². The molecule has 0 bridgehead atoms. The average molecular weight is 197 g/mol. The second-order valence-electron chi connectivity index (χ2n) is 4.06. The zero-order valence-electron chi connectivity index (χ0n) is 9.37. The van der Waals surface area contributed by atoms with Crippen molar-refractivity contribution in [1.29, 1.82) is 0 Å². The summed E-state index contributed by atoms with van der Waals surface area (Å²) in [7, 11) is 1.72. The van der Waals surface area contributed by atoms with Crippen LogP contribution in [0.3, 0.4) is 0 Å². The molecule has 0 radical (unpaired) electrons. The Morgan fingerprint density at radius 3 is 2.57 bits per heavy atom. The Kier molecular flexibility index (Phi) is 4.07. The van der Waals surface area contributed by atoms with Crippen molar-refractivity contribution in [3.8, 4) is 0 Å². The van der Waals surface area contributed by atoms with Crippen LogP contribution in [0.4, 0.5) is 0 Å². The minimum Gasteiger partial charge on any atom is -0.384 e. The predicted molar refractivity (Wildman–Crippen MR) is 55.2 cm³/mol. The zero-order chi connectivity index (χ0) is 10.6. The lowest BCUT2D eigenvalue weighted by Crippen LogP contribution is -2.08. The van der Waals surface area contributed by atoms with Gasteiger partial charge in [0.05, 0.1) is 0 Å². The van der Waals surface area contributed by atoms with E-state index in [1.54, 1.807) is 7.11 Å². The van der Waals surface area contributed by atoms with E-state index in [4.69, 9.17) is 4.74 Å². The first kappa shape index (κ1) is 11.2. The van der Waals surface area contributed by atoms with Crippen molar-refractivity contribution in [3.05, 3.63) is 11.6 Å². The van der Waals surface area contributed by atoms with Gasteiger partial charge in [-0.05, 0) is 5.92 Å². The van der Waals surface area contributed by atoms with Crippen molar-refractivity contribution < 1.29 is 4.74 Å². The number of H-pyrrole nitrogens is 1. The summed E-state index contributed by atoms with van der Waals surface area (Å²) in [6, 6.07) is 0. The van der Waals surface area contributed by atoms with E-state index < -0.39 is 0 Å². The van der Waals surface area contributed by atoms with Gasteiger partial charge in [0, 0.05) is 26.1 Å². The highest BCUT2D eigenvalue weighted by atomic mass is 16.5. The maximum Gasteiger partial charge on any atom is 0.153 e. The van der Waals surface area contributed by atoms with E-state index >= 15 is 0 Å². The fourth-order valence-corrected chi connectivity index (χ4v) is 1.33. The second-order valence-corrected chi connectivity index (χ2v) is 4.06. The van der Waals surface area contributed by atoms with Crippen LogP contribution in [0.5, 0.6) is 0 Å². The Balaban J connectivity index is 2.51. The van der Waals surface area contributed by atoms with Gasteiger partial charge in [0.25, 0.3) is 0 Å². The Morgan fingerprint density at radius 2 is 2.07 bits per heavy atom. The van der Waals surface area contributed by atoms with Gasteiger partial charge in [0.15, 0.2) is 5.82 Å². The summed E-state index contributed by atoms with van der Waals surface area (Å²) < 4.78 is 5.07. The fraction of sp³-hybridized carbons (Fsp3) is 0.800. The minimum atomic E-state index is 0.387. The first-order valence-corrected chi connectivity index (χ1v) is 5.03. The maximum atomic E-state index is 5.07. The largest absolute Gasteiger partial charge is 0.384 e. The number of hydrogen-bond acceptors (Lipinski definition) is 3. The van der Waals surface area contributed by atoms with E-state index in [2.05, 4.69) is 36.0 Å². The summed E-state index contributed by atoms with van der Waals surface area (Å²) in [5, 5.41) is 7.11. The molecule has 1 heterocycles. The first-order valence-electron chi connectivity index (χ1n) is 5.03. The molecule has 0 saturated carbocycles. The van der Waals surface area contributed by atoms with Crippen LogP contribution in [0.1, 0.15) is 38.3 Å². The first-order chi connectivity index (χ1) is 6.63. The molecule has 4 nitrogen and oxygen atoms in total. The van der Waals surface area contributed by atoms with Gasteiger partial charge < -0.3 is 4.74 Å². The fourth-order valence-electron chi connectivity index (χ4n) is 1.33. The average Bonchev–Trinajstić information content (AvgIpc) is 2.53. The summed E-state index contributed by atoms with van der Waals surface area (Å²) in [6.45, 7) is 7.08. The lowest BCUT2D eigenvalue weighted by atomic mass is 10.1. The molecule has 1 aromatic heterocycles. The van der Waals surface area contributed by atoms with Crippen molar-refractivity contribution in [2.75, 3.05) is 13.7 Å². The van der Waals surface area contributed by atoms with Crippen LogP contribution < -0.4 is 0 Å². The summed E-state index contributed by atoms with van der Waals surface area (Å²) in [6.07, 6.45) is 0.896. The number of ether oxygens (including phenoxy) is 1. The van der Waals surface area contributed by atoms with E-state index in [9.17, 15) is 0 Å². The van der Waals surface area contributed by atoms with Crippen LogP contribution in [-0.2, 0) is 11.2 Å². The molecule has 1 N–H and O–H groups in total. The Bertz CT molecular complexity index is 270. The van der Waals surface area contributed by atoms with Gasteiger partial charge in [-0.3, -0.25) is 5.10 Å². The van der Waals surface area contributed by atoms with Crippen LogP contribution >= 0.6 is 0 Å². The van der Waals surface area contributed by atoms with Crippen molar-refractivity contribution in [2.24, 2.45) is 5.92 Å². The van der Waals surface area contributed by atoms with E-state index in [0.29, 0.717) is 11.8 Å². The van der Waals surface area contributed by atoms with Gasteiger partial charge in [0.2, 0.25) is 0 Å². The monoisotopic (exact) mass is 197 g/mol. The van der Waals surface area contributed by atoms with Crippen LogP contribution in [-0.4, -0.2) is 28.9 Å². The molecular formula is C10H19N3O. The summed E-state index contributed by atoms with van der Waals surface area (Å²) in [4.78, 5) is 4.41. The van der Waals surface area contributed by atoms with Gasteiger partial charge >= 0.3 is 0 Å². The highest BCUT2D eigenvalue weighted by Crippen LogP contribution is 2.10. The molecule has 0 aliphatic heterocycles. The molecule has 0 saturated heterocycles. The Morgan fingerprint density at radius 1 is 1.36 bits per heavy atom. The van der Waals surface area contributed by atoms with Crippen LogP contribution in [0.2, 0.25) is 0 Å². The molecule has 0 aliphatic rings. The van der Waals surface area contributed by atoms with Crippen LogP contribution in [0.15, 0.2) is 0 Å². The Hall–Kier alpha value is -0.900. The number of rotatable bonds is 5. The predicted octanol–water partition coefficient (Wildman–Crippen LogP) is 1.75. The van der Waals surface area contributed by atoms with Gasteiger partial charge in [0.1, 0.15) is 5.82 Å². The van der Waals surface area contributed by atoms with Crippen molar-refractivity contribution in [3.63, 3.8) is 0 Å². The number of nitrogens with one attached hydrogen (secondary N) is 1. The SMILES string of the molecule is COCC(C)Cc1nc(C(C)C)n[nH]1. The maximum absolute atomic E-state index is 5.07. The van der Waals surface area contributed by atoms with Gasteiger partial charge in [-0.1, -0.05) is 20.8 Å². The molecule has 1 rings (SSSR count). The molecule has 0 aliphatic carbocycles. The van der Waals surface area contributed by atoms with Crippen molar-refractivity contribution in [1.82, 2.24) is 15.2 Å². The molecule has 1 aromatic rings. The lowest BCUT2D eigenvalue weighted by molar-refractivity contribution is 0.159. The molecule has 0 fully saturated rings. The molecular weight excluding hydrogens is 178 g/mol. The molecule has 0 amide bonds. The highest BCUT2D eigenvalue weighted by molar-refractivity contribution is 4.95.